The molecule has 2 nitrogen and oxygen atoms in total. The topological polar surface area (TPSA) is 35.2 Å². The molecule has 1 fully saturated rings. The zero-order valence-corrected chi connectivity index (χ0v) is 9.83. The molecule has 0 spiro atoms. The van der Waals surface area contributed by atoms with Crippen LogP contribution in [0, 0.1) is 17.8 Å². The van der Waals surface area contributed by atoms with Crippen LogP contribution in [0.25, 0.3) is 0 Å². The summed E-state index contributed by atoms with van der Waals surface area (Å²) >= 11 is 0. The molecule has 2 heteroatoms. The molecule has 1 aliphatic heterocycles. The average Bonchev–Trinajstić information content (AvgIpc) is 2.18. The van der Waals surface area contributed by atoms with Crippen molar-refractivity contribution in [3.63, 3.8) is 0 Å². The van der Waals surface area contributed by atoms with Gasteiger partial charge in [-0.2, -0.15) is 0 Å². The standard InChI is InChI=1S/C12H25NO/c1-9(2)10(3)12(13)8-11-4-6-14-7-5-11/h9-12H,4-8,13H2,1-3H3. The second-order valence-electron chi connectivity index (χ2n) is 5.06. The quantitative estimate of drug-likeness (QED) is 0.754. The van der Waals surface area contributed by atoms with Crippen LogP contribution in [0.3, 0.4) is 0 Å². The molecule has 1 aliphatic rings. The van der Waals surface area contributed by atoms with Crippen molar-refractivity contribution in [2.24, 2.45) is 23.5 Å². The Morgan fingerprint density at radius 2 is 1.79 bits per heavy atom. The van der Waals surface area contributed by atoms with Gasteiger partial charge in [0, 0.05) is 19.3 Å². The van der Waals surface area contributed by atoms with Crippen LogP contribution in [-0.2, 0) is 4.74 Å². The average molecular weight is 199 g/mol. The van der Waals surface area contributed by atoms with E-state index in [4.69, 9.17) is 10.5 Å². The highest BCUT2D eigenvalue weighted by molar-refractivity contribution is 4.76. The van der Waals surface area contributed by atoms with Gasteiger partial charge in [-0.3, -0.25) is 0 Å². The van der Waals surface area contributed by atoms with E-state index in [1.54, 1.807) is 0 Å². The minimum absolute atomic E-state index is 0.373. The largest absolute Gasteiger partial charge is 0.381 e. The summed E-state index contributed by atoms with van der Waals surface area (Å²) < 4.78 is 5.35. The van der Waals surface area contributed by atoms with Gasteiger partial charge >= 0.3 is 0 Å². The fraction of sp³-hybridized carbons (Fsp3) is 1.00. The van der Waals surface area contributed by atoms with Crippen molar-refractivity contribution < 1.29 is 4.74 Å². The van der Waals surface area contributed by atoms with Gasteiger partial charge in [-0.15, -0.1) is 0 Å². The summed E-state index contributed by atoms with van der Waals surface area (Å²) in [4.78, 5) is 0. The summed E-state index contributed by atoms with van der Waals surface area (Å²) in [5.74, 6) is 2.14. The Balaban J connectivity index is 2.27. The normalized spacial score (nSPS) is 23.8. The number of hydrogen-bond donors (Lipinski definition) is 1. The smallest absolute Gasteiger partial charge is 0.0468 e. The van der Waals surface area contributed by atoms with Gasteiger partial charge in [-0.1, -0.05) is 20.8 Å². The van der Waals surface area contributed by atoms with E-state index in [2.05, 4.69) is 20.8 Å². The van der Waals surface area contributed by atoms with E-state index in [1.165, 1.54) is 19.3 Å². The lowest BCUT2D eigenvalue weighted by atomic mass is 9.83. The van der Waals surface area contributed by atoms with Crippen LogP contribution in [-0.4, -0.2) is 19.3 Å². The summed E-state index contributed by atoms with van der Waals surface area (Å²) in [5.41, 5.74) is 6.21. The Hall–Kier alpha value is -0.0800. The molecule has 0 aromatic carbocycles. The van der Waals surface area contributed by atoms with E-state index in [0.717, 1.165) is 19.1 Å². The highest BCUT2D eigenvalue weighted by atomic mass is 16.5. The lowest BCUT2D eigenvalue weighted by molar-refractivity contribution is 0.0591. The molecular weight excluding hydrogens is 174 g/mol. The second-order valence-corrected chi connectivity index (χ2v) is 5.06. The van der Waals surface area contributed by atoms with Crippen LogP contribution in [0.4, 0.5) is 0 Å². The molecule has 0 radical (unpaired) electrons. The summed E-state index contributed by atoms with van der Waals surface area (Å²) in [7, 11) is 0. The first-order chi connectivity index (χ1) is 6.61. The van der Waals surface area contributed by atoms with Gasteiger partial charge in [0.15, 0.2) is 0 Å². The van der Waals surface area contributed by atoms with Crippen molar-refractivity contribution in [1.82, 2.24) is 0 Å². The number of hydrogen-bond acceptors (Lipinski definition) is 2. The molecule has 2 N–H and O–H groups in total. The molecule has 0 bridgehead atoms. The third-order valence-corrected chi connectivity index (χ3v) is 3.67. The van der Waals surface area contributed by atoms with Crippen LogP contribution >= 0.6 is 0 Å². The Kier molecular flexibility index (Phi) is 4.90. The summed E-state index contributed by atoms with van der Waals surface area (Å²) in [6.07, 6.45) is 3.60. The van der Waals surface area contributed by atoms with Crippen LogP contribution < -0.4 is 5.73 Å². The number of rotatable bonds is 4. The predicted molar refractivity (Wildman–Crippen MR) is 60.1 cm³/mol. The molecule has 2 atom stereocenters. The second kappa shape index (κ2) is 5.72. The van der Waals surface area contributed by atoms with E-state index in [-0.39, 0.29) is 0 Å². The van der Waals surface area contributed by atoms with Crippen LogP contribution in [0.2, 0.25) is 0 Å². The van der Waals surface area contributed by atoms with E-state index in [9.17, 15) is 0 Å². The molecule has 0 aliphatic carbocycles. The van der Waals surface area contributed by atoms with Crippen molar-refractivity contribution in [1.29, 1.82) is 0 Å². The zero-order chi connectivity index (χ0) is 10.6. The summed E-state index contributed by atoms with van der Waals surface area (Å²) in [6, 6.07) is 0.373. The minimum Gasteiger partial charge on any atom is -0.381 e. The van der Waals surface area contributed by atoms with Crippen LogP contribution in [0.15, 0.2) is 0 Å². The van der Waals surface area contributed by atoms with Crippen molar-refractivity contribution in [2.75, 3.05) is 13.2 Å². The van der Waals surface area contributed by atoms with E-state index in [1.807, 2.05) is 0 Å². The fourth-order valence-corrected chi connectivity index (χ4v) is 2.08. The number of nitrogens with two attached hydrogens (primary N) is 1. The third-order valence-electron chi connectivity index (χ3n) is 3.67. The molecular formula is C12H25NO. The monoisotopic (exact) mass is 199 g/mol. The molecule has 1 rings (SSSR count). The Bertz CT molecular complexity index is 152. The molecule has 1 heterocycles. The molecule has 0 amide bonds. The van der Waals surface area contributed by atoms with Gasteiger partial charge in [-0.25, -0.2) is 0 Å². The molecule has 0 saturated carbocycles. The third kappa shape index (κ3) is 3.58. The van der Waals surface area contributed by atoms with Crippen molar-refractivity contribution in [3.05, 3.63) is 0 Å². The van der Waals surface area contributed by atoms with Crippen LogP contribution in [0.1, 0.15) is 40.0 Å². The fourth-order valence-electron chi connectivity index (χ4n) is 2.08. The Morgan fingerprint density at radius 1 is 1.21 bits per heavy atom. The van der Waals surface area contributed by atoms with Crippen molar-refractivity contribution >= 4 is 0 Å². The van der Waals surface area contributed by atoms with Crippen LogP contribution in [0.5, 0.6) is 0 Å². The van der Waals surface area contributed by atoms with Crippen molar-refractivity contribution in [3.8, 4) is 0 Å². The van der Waals surface area contributed by atoms with Gasteiger partial charge in [-0.05, 0) is 37.0 Å². The molecule has 0 aromatic heterocycles. The minimum atomic E-state index is 0.373. The van der Waals surface area contributed by atoms with Gasteiger partial charge in [0.05, 0.1) is 0 Å². The molecule has 1 saturated heterocycles. The maximum absolute atomic E-state index is 6.21. The molecule has 0 aromatic rings. The summed E-state index contributed by atoms with van der Waals surface area (Å²) in [6.45, 7) is 8.67. The SMILES string of the molecule is CC(C)C(C)C(N)CC1CCOCC1. The molecule has 84 valence electrons. The predicted octanol–water partition coefficient (Wildman–Crippen LogP) is 2.42. The molecule has 2 unspecified atom stereocenters. The highest BCUT2D eigenvalue weighted by Crippen LogP contribution is 2.24. The Labute approximate surface area is 88.2 Å². The van der Waals surface area contributed by atoms with E-state index >= 15 is 0 Å². The highest BCUT2D eigenvalue weighted by Gasteiger charge is 2.22. The van der Waals surface area contributed by atoms with E-state index < -0.39 is 0 Å². The lowest BCUT2D eigenvalue weighted by Gasteiger charge is -2.29. The van der Waals surface area contributed by atoms with Gasteiger partial charge in [0.1, 0.15) is 0 Å². The zero-order valence-electron chi connectivity index (χ0n) is 9.83. The lowest BCUT2D eigenvalue weighted by Crippen LogP contribution is -2.34. The van der Waals surface area contributed by atoms with Gasteiger partial charge in [0.25, 0.3) is 0 Å². The number of ether oxygens (including phenoxy) is 1. The molecule has 14 heavy (non-hydrogen) atoms. The maximum atomic E-state index is 6.21. The first kappa shape index (κ1) is 12.0. The van der Waals surface area contributed by atoms with E-state index in [0.29, 0.717) is 17.9 Å². The summed E-state index contributed by atoms with van der Waals surface area (Å²) in [5, 5.41) is 0. The Morgan fingerprint density at radius 3 is 2.29 bits per heavy atom. The first-order valence-corrected chi connectivity index (χ1v) is 5.94. The first-order valence-electron chi connectivity index (χ1n) is 5.94. The maximum Gasteiger partial charge on any atom is 0.0468 e. The van der Waals surface area contributed by atoms with Crippen molar-refractivity contribution in [2.45, 2.75) is 46.1 Å². The van der Waals surface area contributed by atoms with Gasteiger partial charge in [0.2, 0.25) is 0 Å². The van der Waals surface area contributed by atoms with Gasteiger partial charge < -0.3 is 10.5 Å².